The molecule has 0 saturated heterocycles. The van der Waals surface area contributed by atoms with Gasteiger partial charge in [0.2, 0.25) is 0 Å². The molecule has 0 saturated carbocycles. The van der Waals surface area contributed by atoms with Crippen LogP contribution < -0.4 is 4.74 Å². The van der Waals surface area contributed by atoms with Crippen LogP contribution in [0.3, 0.4) is 0 Å². The molecule has 20 heavy (non-hydrogen) atoms. The van der Waals surface area contributed by atoms with Gasteiger partial charge in [-0.2, -0.15) is 0 Å². The van der Waals surface area contributed by atoms with E-state index in [4.69, 9.17) is 9.47 Å². The van der Waals surface area contributed by atoms with E-state index in [1.807, 2.05) is 30.3 Å². The fourth-order valence-electron chi connectivity index (χ4n) is 1.81. The summed E-state index contributed by atoms with van der Waals surface area (Å²) < 4.78 is 23.4. The Morgan fingerprint density at radius 2 is 1.90 bits per heavy atom. The number of halogens is 1. The number of carbonyl (C=O) groups is 1. The van der Waals surface area contributed by atoms with Crippen LogP contribution >= 0.6 is 0 Å². The van der Waals surface area contributed by atoms with Gasteiger partial charge in [-0.1, -0.05) is 30.3 Å². The van der Waals surface area contributed by atoms with Crippen molar-refractivity contribution in [1.29, 1.82) is 0 Å². The molecule has 0 heterocycles. The molecule has 0 spiro atoms. The van der Waals surface area contributed by atoms with Crippen LogP contribution in [0.25, 0.3) is 0 Å². The van der Waals surface area contributed by atoms with Gasteiger partial charge >= 0.3 is 0 Å². The summed E-state index contributed by atoms with van der Waals surface area (Å²) in [7, 11) is 1.40. The first kappa shape index (κ1) is 14.2. The third-order valence-electron chi connectivity index (χ3n) is 2.81. The average molecular weight is 274 g/mol. The molecule has 0 bridgehead atoms. The Morgan fingerprint density at radius 3 is 2.60 bits per heavy atom. The molecule has 2 rings (SSSR count). The van der Waals surface area contributed by atoms with Gasteiger partial charge in [0.25, 0.3) is 0 Å². The van der Waals surface area contributed by atoms with E-state index >= 15 is 0 Å². The lowest BCUT2D eigenvalue weighted by Crippen LogP contribution is -2.10. The van der Waals surface area contributed by atoms with Crippen molar-refractivity contribution in [3.63, 3.8) is 0 Å². The summed E-state index contributed by atoms with van der Waals surface area (Å²) in [6.45, 7) is 0.285. The minimum absolute atomic E-state index is 0.0725. The van der Waals surface area contributed by atoms with Crippen LogP contribution in [-0.2, 0) is 11.3 Å². The first-order valence-corrected chi connectivity index (χ1v) is 6.19. The Bertz CT molecular complexity index is 582. The molecule has 0 aliphatic heterocycles. The zero-order chi connectivity index (χ0) is 14.4. The molecule has 0 aliphatic carbocycles. The number of methoxy groups -OCH3 is 1. The number of rotatable bonds is 6. The topological polar surface area (TPSA) is 35.5 Å². The van der Waals surface area contributed by atoms with Crippen molar-refractivity contribution in [2.75, 3.05) is 13.7 Å². The molecule has 2 aromatic rings. The predicted octanol–water partition coefficient (Wildman–Crippen LogP) is 3.23. The molecule has 0 aliphatic rings. The Balaban J connectivity index is 1.95. The molecule has 104 valence electrons. The standard InChI is InChI=1S/C16H15FO3/c1-19-16-9-13(17)7-8-14(16)15(18)11-20-10-12-5-3-2-4-6-12/h2-9H,10-11H2,1H3. The van der Waals surface area contributed by atoms with Gasteiger partial charge in [0.05, 0.1) is 19.3 Å². The van der Waals surface area contributed by atoms with Crippen LogP contribution in [-0.4, -0.2) is 19.5 Å². The lowest BCUT2D eigenvalue weighted by Gasteiger charge is -2.08. The molecule has 2 aromatic carbocycles. The Kier molecular flexibility index (Phi) is 4.85. The molecule has 0 amide bonds. The maximum atomic E-state index is 13.0. The highest BCUT2D eigenvalue weighted by atomic mass is 19.1. The third kappa shape index (κ3) is 3.65. The van der Waals surface area contributed by atoms with Crippen LogP contribution in [0.4, 0.5) is 4.39 Å². The van der Waals surface area contributed by atoms with E-state index in [0.29, 0.717) is 12.2 Å². The molecule has 0 unspecified atom stereocenters. The van der Waals surface area contributed by atoms with E-state index in [9.17, 15) is 9.18 Å². The molecule has 0 atom stereocenters. The van der Waals surface area contributed by atoms with Crippen molar-refractivity contribution in [1.82, 2.24) is 0 Å². The van der Waals surface area contributed by atoms with Crippen molar-refractivity contribution in [3.8, 4) is 5.75 Å². The smallest absolute Gasteiger partial charge is 0.192 e. The number of Topliss-reactive ketones (excluding diaryl/α,β-unsaturated/α-hetero) is 1. The molecule has 0 N–H and O–H groups in total. The molecule has 0 radical (unpaired) electrons. The Morgan fingerprint density at radius 1 is 1.15 bits per heavy atom. The van der Waals surface area contributed by atoms with E-state index < -0.39 is 5.82 Å². The summed E-state index contributed by atoms with van der Waals surface area (Å²) >= 11 is 0. The minimum Gasteiger partial charge on any atom is -0.496 e. The van der Waals surface area contributed by atoms with E-state index in [-0.39, 0.29) is 18.1 Å². The molecular formula is C16H15FO3. The lowest BCUT2D eigenvalue weighted by molar-refractivity contribution is 0.0723. The number of hydrogen-bond acceptors (Lipinski definition) is 3. The third-order valence-corrected chi connectivity index (χ3v) is 2.81. The van der Waals surface area contributed by atoms with Crippen LogP contribution in [0.5, 0.6) is 5.75 Å². The monoisotopic (exact) mass is 274 g/mol. The molecule has 0 aromatic heterocycles. The van der Waals surface area contributed by atoms with Gasteiger partial charge in [0, 0.05) is 6.07 Å². The van der Waals surface area contributed by atoms with Crippen LogP contribution in [0, 0.1) is 5.82 Å². The minimum atomic E-state index is -0.441. The van der Waals surface area contributed by atoms with Gasteiger partial charge in [-0.3, -0.25) is 4.79 Å². The highest BCUT2D eigenvalue weighted by Gasteiger charge is 2.13. The number of benzene rings is 2. The van der Waals surface area contributed by atoms with Crippen molar-refractivity contribution < 1.29 is 18.7 Å². The Hall–Kier alpha value is -2.20. The van der Waals surface area contributed by atoms with Gasteiger partial charge in [-0.05, 0) is 17.7 Å². The maximum absolute atomic E-state index is 13.0. The van der Waals surface area contributed by atoms with Crippen LogP contribution in [0.15, 0.2) is 48.5 Å². The van der Waals surface area contributed by atoms with E-state index in [1.54, 1.807) is 0 Å². The van der Waals surface area contributed by atoms with Gasteiger partial charge in [-0.15, -0.1) is 0 Å². The first-order valence-electron chi connectivity index (χ1n) is 6.19. The van der Waals surface area contributed by atoms with Crippen LogP contribution in [0.1, 0.15) is 15.9 Å². The average Bonchev–Trinajstić information content (AvgIpc) is 2.48. The molecular weight excluding hydrogens is 259 g/mol. The largest absolute Gasteiger partial charge is 0.496 e. The zero-order valence-electron chi connectivity index (χ0n) is 11.1. The summed E-state index contributed by atoms with van der Waals surface area (Å²) in [5, 5.41) is 0. The summed E-state index contributed by atoms with van der Waals surface area (Å²) in [6, 6.07) is 13.4. The lowest BCUT2D eigenvalue weighted by atomic mass is 10.1. The normalized spacial score (nSPS) is 10.3. The number of hydrogen-bond donors (Lipinski definition) is 0. The van der Waals surface area contributed by atoms with E-state index in [1.165, 1.54) is 25.3 Å². The molecule has 4 heteroatoms. The second kappa shape index (κ2) is 6.82. The van der Waals surface area contributed by atoms with Gasteiger partial charge in [0.1, 0.15) is 18.2 Å². The molecule has 0 fully saturated rings. The summed E-state index contributed by atoms with van der Waals surface area (Å²) in [5.74, 6) is -0.459. The summed E-state index contributed by atoms with van der Waals surface area (Å²) in [6.07, 6.45) is 0. The second-order valence-corrected chi connectivity index (χ2v) is 4.25. The zero-order valence-corrected chi connectivity index (χ0v) is 11.1. The van der Waals surface area contributed by atoms with Crippen molar-refractivity contribution in [3.05, 3.63) is 65.5 Å². The van der Waals surface area contributed by atoms with E-state index in [2.05, 4.69) is 0 Å². The van der Waals surface area contributed by atoms with Crippen LogP contribution in [0.2, 0.25) is 0 Å². The summed E-state index contributed by atoms with van der Waals surface area (Å²) in [4.78, 5) is 12.0. The predicted molar refractivity (Wildman–Crippen MR) is 73.4 cm³/mol. The SMILES string of the molecule is COc1cc(F)ccc1C(=O)COCc1ccccc1. The second-order valence-electron chi connectivity index (χ2n) is 4.25. The fraction of sp³-hybridized carbons (Fsp3) is 0.188. The van der Waals surface area contributed by atoms with Crippen molar-refractivity contribution in [2.45, 2.75) is 6.61 Å². The molecule has 3 nitrogen and oxygen atoms in total. The highest BCUT2D eigenvalue weighted by molar-refractivity contribution is 5.99. The fourth-order valence-corrected chi connectivity index (χ4v) is 1.81. The highest BCUT2D eigenvalue weighted by Crippen LogP contribution is 2.20. The first-order chi connectivity index (χ1) is 9.70. The number of ether oxygens (including phenoxy) is 2. The summed E-state index contributed by atoms with van der Waals surface area (Å²) in [5.41, 5.74) is 1.31. The van der Waals surface area contributed by atoms with Gasteiger partial charge in [0.15, 0.2) is 5.78 Å². The maximum Gasteiger partial charge on any atom is 0.192 e. The Labute approximate surface area is 117 Å². The van der Waals surface area contributed by atoms with Gasteiger partial charge < -0.3 is 9.47 Å². The number of carbonyl (C=O) groups excluding carboxylic acids is 1. The van der Waals surface area contributed by atoms with Gasteiger partial charge in [-0.25, -0.2) is 4.39 Å². The van der Waals surface area contributed by atoms with Crippen molar-refractivity contribution >= 4 is 5.78 Å². The number of ketones is 1. The van der Waals surface area contributed by atoms with Crippen molar-refractivity contribution in [2.24, 2.45) is 0 Å². The quantitative estimate of drug-likeness (QED) is 0.759. The van der Waals surface area contributed by atoms with E-state index in [0.717, 1.165) is 5.56 Å².